The maximum absolute atomic E-state index is 10.5. The predicted octanol–water partition coefficient (Wildman–Crippen LogP) is 0.264. The van der Waals surface area contributed by atoms with Crippen LogP contribution in [0.4, 0.5) is 0 Å². The molecule has 0 heterocycles. The van der Waals surface area contributed by atoms with E-state index in [0.717, 1.165) is 6.42 Å². The average molecular weight is 246 g/mol. The molecule has 5 heteroatoms. The number of aliphatic hydroxyl groups is 1. The van der Waals surface area contributed by atoms with Crippen LogP contribution in [0.1, 0.15) is 33.6 Å². The summed E-state index contributed by atoms with van der Waals surface area (Å²) in [7, 11) is 0. The van der Waals surface area contributed by atoms with Gasteiger partial charge in [0.2, 0.25) is 5.91 Å². The molecule has 0 aromatic rings. The van der Waals surface area contributed by atoms with E-state index < -0.39 is 6.10 Å². The smallest absolute Gasteiger partial charge is 0.218 e. The van der Waals surface area contributed by atoms with Crippen LogP contribution in [0, 0.1) is 5.92 Å². The Morgan fingerprint density at radius 1 is 1.41 bits per heavy atom. The van der Waals surface area contributed by atoms with E-state index in [9.17, 15) is 9.90 Å². The summed E-state index contributed by atoms with van der Waals surface area (Å²) in [5, 5.41) is 12.5. The van der Waals surface area contributed by atoms with Gasteiger partial charge in [0.25, 0.3) is 0 Å². The fourth-order valence-electron chi connectivity index (χ4n) is 1.55. The van der Waals surface area contributed by atoms with Crippen molar-refractivity contribution in [2.75, 3.05) is 19.7 Å². The summed E-state index contributed by atoms with van der Waals surface area (Å²) >= 11 is 0. The topological polar surface area (TPSA) is 84.6 Å². The molecular weight excluding hydrogens is 220 g/mol. The Hall–Kier alpha value is -0.650. The van der Waals surface area contributed by atoms with Crippen molar-refractivity contribution < 1.29 is 14.6 Å². The van der Waals surface area contributed by atoms with Gasteiger partial charge in [0, 0.05) is 19.5 Å². The molecule has 0 radical (unpaired) electrons. The third-order valence-electron chi connectivity index (χ3n) is 2.30. The van der Waals surface area contributed by atoms with Crippen LogP contribution < -0.4 is 11.1 Å². The minimum Gasteiger partial charge on any atom is -0.389 e. The molecule has 2 unspecified atom stereocenters. The van der Waals surface area contributed by atoms with Crippen LogP contribution in [0.2, 0.25) is 0 Å². The number of aliphatic hydroxyl groups excluding tert-OH is 1. The first-order valence-electron chi connectivity index (χ1n) is 6.20. The maximum atomic E-state index is 10.5. The van der Waals surface area contributed by atoms with Crippen molar-refractivity contribution in [3.05, 3.63) is 0 Å². The van der Waals surface area contributed by atoms with Crippen LogP contribution in [0.5, 0.6) is 0 Å². The van der Waals surface area contributed by atoms with E-state index in [1.807, 2.05) is 6.92 Å². The molecule has 2 atom stereocenters. The highest BCUT2D eigenvalue weighted by atomic mass is 16.5. The number of primary amides is 1. The Labute approximate surface area is 104 Å². The number of carbonyl (C=O) groups excluding carboxylic acids is 1. The highest BCUT2D eigenvalue weighted by Crippen LogP contribution is 2.07. The molecular formula is C12H26N2O3. The predicted molar refractivity (Wildman–Crippen MR) is 67.6 cm³/mol. The number of nitrogens with one attached hydrogen (secondary N) is 1. The first-order chi connectivity index (χ1) is 7.91. The van der Waals surface area contributed by atoms with Gasteiger partial charge in [-0.15, -0.1) is 0 Å². The van der Waals surface area contributed by atoms with Crippen LogP contribution in [0.25, 0.3) is 0 Å². The Balaban J connectivity index is 3.45. The summed E-state index contributed by atoms with van der Waals surface area (Å²) in [6.45, 7) is 7.52. The summed E-state index contributed by atoms with van der Waals surface area (Å²) in [5.41, 5.74) is 4.99. The molecule has 0 spiro atoms. The lowest BCUT2D eigenvalue weighted by atomic mass is 10.1. The number of amides is 1. The van der Waals surface area contributed by atoms with Gasteiger partial charge in [0.05, 0.1) is 18.8 Å². The molecule has 0 aromatic heterocycles. The molecule has 17 heavy (non-hydrogen) atoms. The van der Waals surface area contributed by atoms with Gasteiger partial charge >= 0.3 is 0 Å². The lowest BCUT2D eigenvalue weighted by Crippen LogP contribution is -2.33. The maximum Gasteiger partial charge on any atom is 0.218 e. The van der Waals surface area contributed by atoms with Crippen LogP contribution >= 0.6 is 0 Å². The van der Waals surface area contributed by atoms with Crippen molar-refractivity contribution in [1.29, 1.82) is 0 Å². The van der Waals surface area contributed by atoms with Gasteiger partial charge in [-0.2, -0.15) is 0 Å². The molecule has 0 aromatic carbocycles. The standard InChI is InChI=1S/C12H26N2O3/c1-9(2)6-10(3)17-8-11(15)7-14-5-4-12(13)16/h9-11,14-15H,4-8H2,1-3H3,(H2,13,16). The molecule has 0 aliphatic carbocycles. The van der Waals surface area contributed by atoms with E-state index in [-0.39, 0.29) is 18.4 Å². The Bertz CT molecular complexity index is 210. The summed E-state index contributed by atoms with van der Waals surface area (Å²) in [6, 6.07) is 0. The van der Waals surface area contributed by atoms with Crippen LogP contribution in [-0.2, 0) is 9.53 Å². The number of nitrogens with two attached hydrogens (primary N) is 1. The van der Waals surface area contributed by atoms with E-state index >= 15 is 0 Å². The zero-order valence-corrected chi connectivity index (χ0v) is 11.1. The number of hydrogen-bond donors (Lipinski definition) is 3. The molecule has 0 saturated heterocycles. The monoisotopic (exact) mass is 246 g/mol. The lowest BCUT2D eigenvalue weighted by Gasteiger charge is -2.18. The van der Waals surface area contributed by atoms with Crippen LogP contribution in [0.3, 0.4) is 0 Å². The Morgan fingerprint density at radius 2 is 2.06 bits per heavy atom. The quantitative estimate of drug-likeness (QED) is 0.483. The minimum atomic E-state index is -0.544. The minimum absolute atomic E-state index is 0.162. The van der Waals surface area contributed by atoms with Crippen molar-refractivity contribution >= 4 is 5.91 Å². The normalized spacial score (nSPS) is 14.9. The van der Waals surface area contributed by atoms with Gasteiger partial charge in [-0.25, -0.2) is 0 Å². The van der Waals surface area contributed by atoms with Gasteiger partial charge in [-0.1, -0.05) is 13.8 Å². The van der Waals surface area contributed by atoms with Crippen molar-refractivity contribution in [3.63, 3.8) is 0 Å². The molecule has 0 saturated carbocycles. The zero-order valence-electron chi connectivity index (χ0n) is 11.1. The second-order valence-corrected chi connectivity index (χ2v) is 4.85. The molecule has 0 rings (SSSR count). The second kappa shape index (κ2) is 9.39. The van der Waals surface area contributed by atoms with Crippen LogP contribution in [0.15, 0.2) is 0 Å². The van der Waals surface area contributed by atoms with E-state index in [2.05, 4.69) is 19.2 Å². The van der Waals surface area contributed by atoms with Crippen molar-refractivity contribution in [1.82, 2.24) is 5.32 Å². The van der Waals surface area contributed by atoms with Gasteiger partial charge in [-0.3, -0.25) is 4.79 Å². The molecule has 0 aliphatic rings. The molecule has 4 N–H and O–H groups in total. The number of carbonyl (C=O) groups is 1. The fourth-order valence-corrected chi connectivity index (χ4v) is 1.55. The summed E-state index contributed by atoms with van der Waals surface area (Å²) < 4.78 is 5.51. The highest BCUT2D eigenvalue weighted by molar-refractivity contribution is 5.73. The fraction of sp³-hybridized carbons (Fsp3) is 0.917. The van der Waals surface area contributed by atoms with Gasteiger partial charge < -0.3 is 20.9 Å². The lowest BCUT2D eigenvalue weighted by molar-refractivity contribution is -0.117. The molecule has 0 bridgehead atoms. The first-order valence-corrected chi connectivity index (χ1v) is 6.20. The molecule has 102 valence electrons. The zero-order chi connectivity index (χ0) is 13.3. The number of rotatable bonds is 10. The third-order valence-corrected chi connectivity index (χ3v) is 2.30. The average Bonchev–Trinajstić information content (AvgIpc) is 2.20. The van der Waals surface area contributed by atoms with Gasteiger partial charge in [0.1, 0.15) is 0 Å². The second-order valence-electron chi connectivity index (χ2n) is 4.85. The van der Waals surface area contributed by atoms with Crippen LogP contribution in [-0.4, -0.2) is 42.9 Å². The molecule has 1 amide bonds. The Kier molecular flexibility index (Phi) is 9.03. The van der Waals surface area contributed by atoms with E-state index in [1.54, 1.807) is 0 Å². The van der Waals surface area contributed by atoms with E-state index in [0.29, 0.717) is 25.6 Å². The van der Waals surface area contributed by atoms with Gasteiger partial charge in [-0.05, 0) is 19.3 Å². The van der Waals surface area contributed by atoms with Crippen molar-refractivity contribution in [3.8, 4) is 0 Å². The van der Waals surface area contributed by atoms with Gasteiger partial charge in [0.15, 0.2) is 0 Å². The number of ether oxygens (including phenoxy) is 1. The van der Waals surface area contributed by atoms with E-state index in [4.69, 9.17) is 10.5 Å². The third kappa shape index (κ3) is 11.6. The van der Waals surface area contributed by atoms with Crippen molar-refractivity contribution in [2.45, 2.75) is 45.8 Å². The number of hydrogen-bond acceptors (Lipinski definition) is 4. The molecule has 5 nitrogen and oxygen atoms in total. The highest BCUT2D eigenvalue weighted by Gasteiger charge is 2.09. The SMILES string of the molecule is CC(C)CC(C)OCC(O)CNCCC(N)=O. The van der Waals surface area contributed by atoms with Crippen molar-refractivity contribution in [2.24, 2.45) is 11.7 Å². The Morgan fingerprint density at radius 3 is 2.59 bits per heavy atom. The largest absolute Gasteiger partial charge is 0.389 e. The summed E-state index contributed by atoms with van der Waals surface area (Å²) in [5.74, 6) is 0.254. The summed E-state index contributed by atoms with van der Waals surface area (Å²) in [4.78, 5) is 10.5. The molecule has 0 fully saturated rings. The summed E-state index contributed by atoms with van der Waals surface area (Å²) in [6.07, 6.45) is 0.895. The van der Waals surface area contributed by atoms with E-state index in [1.165, 1.54) is 0 Å². The molecule has 0 aliphatic heterocycles. The first kappa shape index (κ1) is 16.4.